The molecule has 2 aromatic carbocycles. The van der Waals surface area contributed by atoms with Gasteiger partial charge in [0.25, 0.3) is 5.91 Å². The summed E-state index contributed by atoms with van der Waals surface area (Å²) in [6.07, 6.45) is 0. The number of fused-ring (bicyclic) bond motifs is 1. The highest BCUT2D eigenvalue weighted by Crippen LogP contribution is 2.17. The summed E-state index contributed by atoms with van der Waals surface area (Å²) in [7, 11) is 0. The van der Waals surface area contributed by atoms with Gasteiger partial charge in [0.15, 0.2) is 0 Å². The third-order valence-electron chi connectivity index (χ3n) is 4.04. The Morgan fingerprint density at radius 2 is 1.93 bits per heavy atom. The van der Waals surface area contributed by atoms with Crippen LogP contribution < -0.4 is 15.4 Å². The number of hydrogen-bond acceptors (Lipinski definition) is 3. The van der Waals surface area contributed by atoms with Crippen molar-refractivity contribution in [3.8, 4) is 5.75 Å². The summed E-state index contributed by atoms with van der Waals surface area (Å²) in [5.74, 6) is -0.777. The van der Waals surface area contributed by atoms with E-state index < -0.39 is 18.4 Å². The molecule has 28 heavy (non-hydrogen) atoms. The summed E-state index contributed by atoms with van der Waals surface area (Å²) in [5.41, 5.74) is 2.89. The number of ether oxygens (including phenoxy) is 1. The van der Waals surface area contributed by atoms with Gasteiger partial charge in [-0.15, -0.1) is 0 Å². The van der Waals surface area contributed by atoms with Crippen LogP contribution in [0.1, 0.15) is 21.6 Å². The second-order valence-electron chi connectivity index (χ2n) is 6.26. The molecule has 2 amide bonds. The molecule has 0 aliphatic rings. The third-order valence-corrected chi connectivity index (χ3v) is 4.04. The number of aromatic nitrogens is 1. The zero-order chi connectivity index (χ0) is 20.1. The number of amides is 2. The van der Waals surface area contributed by atoms with E-state index in [4.69, 9.17) is 0 Å². The highest BCUT2D eigenvalue weighted by Gasteiger charge is 2.11. The van der Waals surface area contributed by atoms with E-state index in [9.17, 15) is 18.4 Å². The lowest BCUT2D eigenvalue weighted by Crippen LogP contribution is -2.36. The Hall–Kier alpha value is -3.42. The van der Waals surface area contributed by atoms with Crippen LogP contribution in [0.25, 0.3) is 10.9 Å². The van der Waals surface area contributed by atoms with Crippen LogP contribution in [-0.2, 0) is 11.3 Å². The SMILES string of the molecule is Cc1ccc2[nH]c(C(=O)NCC(=O)NCc3cccc(OC(F)F)c3)cc2c1. The number of halogens is 2. The highest BCUT2D eigenvalue weighted by molar-refractivity contribution is 5.99. The van der Waals surface area contributed by atoms with Gasteiger partial charge in [-0.25, -0.2) is 0 Å². The third kappa shape index (κ3) is 5.06. The zero-order valence-corrected chi connectivity index (χ0v) is 15.1. The number of benzene rings is 2. The fraction of sp³-hybridized carbons (Fsp3) is 0.200. The Bertz CT molecular complexity index is 1000. The van der Waals surface area contributed by atoms with Crippen molar-refractivity contribution >= 4 is 22.7 Å². The summed E-state index contributed by atoms with van der Waals surface area (Å²) >= 11 is 0. The van der Waals surface area contributed by atoms with Crippen LogP contribution in [0.4, 0.5) is 8.78 Å². The lowest BCUT2D eigenvalue weighted by molar-refractivity contribution is -0.120. The van der Waals surface area contributed by atoms with Crippen molar-refractivity contribution in [3.63, 3.8) is 0 Å². The molecule has 0 fully saturated rings. The summed E-state index contributed by atoms with van der Waals surface area (Å²) in [6, 6.07) is 13.6. The molecular formula is C20H19F2N3O3. The van der Waals surface area contributed by atoms with Crippen LogP contribution in [0.2, 0.25) is 0 Å². The molecule has 3 aromatic rings. The van der Waals surface area contributed by atoms with Gasteiger partial charge in [0.2, 0.25) is 5.91 Å². The predicted octanol–water partition coefficient (Wildman–Crippen LogP) is 3.12. The second kappa shape index (κ2) is 8.51. The first-order chi connectivity index (χ1) is 13.4. The number of rotatable bonds is 7. The van der Waals surface area contributed by atoms with Gasteiger partial charge >= 0.3 is 6.61 Å². The maximum Gasteiger partial charge on any atom is 0.387 e. The largest absolute Gasteiger partial charge is 0.435 e. The Morgan fingerprint density at radius 3 is 2.71 bits per heavy atom. The topological polar surface area (TPSA) is 83.2 Å². The van der Waals surface area contributed by atoms with Crippen LogP contribution in [0.15, 0.2) is 48.5 Å². The fourth-order valence-electron chi connectivity index (χ4n) is 2.72. The van der Waals surface area contributed by atoms with E-state index in [1.807, 2.05) is 25.1 Å². The van der Waals surface area contributed by atoms with E-state index in [1.165, 1.54) is 12.1 Å². The van der Waals surface area contributed by atoms with Crippen LogP contribution in [0.3, 0.4) is 0 Å². The predicted molar refractivity (Wildman–Crippen MR) is 100 cm³/mol. The van der Waals surface area contributed by atoms with E-state index in [0.29, 0.717) is 11.3 Å². The highest BCUT2D eigenvalue weighted by atomic mass is 19.3. The number of aromatic amines is 1. The maximum atomic E-state index is 12.2. The molecule has 3 rings (SSSR count). The van der Waals surface area contributed by atoms with Crippen LogP contribution in [0.5, 0.6) is 5.75 Å². The number of carbonyl (C=O) groups excluding carboxylic acids is 2. The minimum absolute atomic E-state index is 0.0177. The number of hydrogen-bond donors (Lipinski definition) is 3. The average Bonchev–Trinajstić information content (AvgIpc) is 3.07. The Labute approximate surface area is 159 Å². The molecule has 6 nitrogen and oxygen atoms in total. The minimum atomic E-state index is -2.91. The molecule has 0 saturated carbocycles. The maximum absolute atomic E-state index is 12.2. The molecule has 0 bridgehead atoms. The number of alkyl halides is 2. The number of aryl methyl sites for hydroxylation is 1. The average molecular weight is 387 g/mol. The fourth-order valence-corrected chi connectivity index (χ4v) is 2.72. The van der Waals surface area contributed by atoms with Gasteiger partial charge < -0.3 is 20.4 Å². The van der Waals surface area contributed by atoms with Gasteiger partial charge in [0.1, 0.15) is 11.4 Å². The summed E-state index contributed by atoms with van der Waals surface area (Å²) in [6.45, 7) is -1.03. The molecule has 8 heteroatoms. The molecule has 0 spiro atoms. The van der Waals surface area contributed by atoms with Gasteiger partial charge in [-0.1, -0.05) is 23.8 Å². The van der Waals surface area contributed by atoms with Gasteiger partial charge in [0, 0.05) is 17.4 Å². The Balaban J connectivity index is 1.50. The molecule has 0 unspecified atom stereocenters. The van der Waals surface area contributed by atoms with Gasteiger partial charge in [0.05, 0.1) is 6.54 Å². The molecule has 0 radical (unpaired) electrons. The Kier molecular flexibility index (Phi) is 5.88. The smallest absolute Gasteiger partial charge is 0.387 e. The molecule has 3 N–H and O–H groups in total. The van der Waals surface area contributed by atoms with Gasteiger partial charge in [-0.05, 0) is 42.8 Å². The molecule has 0 saturated heterocycles. The summed E-state index contributed by atoms with van der Waals surface area (Å²) < 4.78 is 28.8. The molecule has 1 aromatic heterocycles. The summed E-state index contributed by atoms with van der Waals surface area (Å²) in [4.78, 5) is 27.2. The molecule has 146 valence electrons. The zero-order valence-electron chi connectivity index (χ0n) is 15.1. The van der Waals surface area contributed by atoms with Gasteiger partial charge in [-0.2, -0.15) is 8.78 Å². The second-order valence-corrected chi connectivity index (χ2v) is 6.26. The van der Waals surface area contributed by atoms with E-state index in [-0.39, 0.29) is 18.8 Å². The van der Waals surface area contributed by atoms with Crippen LogP contribution in [0, 0.1) is 6.92 Å². The molecule has 0 atom stereocenters. The number of carbonyl (C=O) groups is 2. The first-order valence-electron chi connectivity index (χ1n) is 8.59. The molecular weight excluding hydrogens is 368 g/mol. The lowest BCUT2D eigenvalue weighted by Gasteiger charge is -2.09. The van der Waals surface area contributed by atoms with E-state index >= 15 is 0 Å². The van der Waals surface area contributed by atoms with Crippen LogP contribution in [-0.4, -0.2) is 30.0 Å². The first-order valence-corrected chi connectivity index (χ1v) is 8.59. The lowest BCUT2D eigenvalue weighted by atomic mass is 10.2. The molecule has 0 aliphatic carbocycles. The van der Waals surface area contributed by atoms with E-state index in [1.54, 1.807) is 18.2 Å². The van der Waals surface area contributed by atoms with Crippen molar-refractivity contribution in [2.75, 3.05) is 6.54 Å². The van der Waals surface area contributed by atoms with Crippen LogP contribution >= 0.6 is 0 Å². The van der Waals surface area contributed by atoms with Crippen molar-refractivity contribution in [2.45, 2.75) is 20.1 Å². The van der Waals surface area contributed by atoms with E-state index in [2.05, 4.69) is 20.4 Å². The standard InChI is InChI=1S/C20H19F2N3O3/c1-12-5-6-16-14(7-12)9-17(25-16)19(27)24-11-18(26)23-10-13-3-2-4-15(8-13)28-20(21)22/h2-9,20,25H,10-11H2,1H3,(H,23,26)(H,24,27). The Morgan fingerprint density at radius 1 is 1.11 bits per heavy atom. The van der Waals surface area contributed by atoms with Crippen molar-refractivity contribution in [1.29, 1.82) is 0 Å². The normalized spacial score (nSPS) is 10.9. The molecule has 1 heterocycles. The number of H-pyrrole nitrogens is 1. The van der Waals surface area contributed by atoms with Gasteiger partial charge in [-0.3, -0.25) is 9.59 Å². The van der Waals surface area contributed by atoms with E-state index in [0.717, 1.165) is 16.5 Å². The number of nitrogens with one attached hydrogen (secondary N) is 3. The first kappa shape index (κ1) is 19.3. The van der Waals surface area contributed by atoms with Crippen molar-refractivity contribution < 1.29 is 23.1 Å². The van der Waals surface area contributed by atoms with Crippen molar-refractivity contribution in [2.24, 2.45) is 0 Å². The van der Waals surface area contributed by atoms with Crippen molar-refractivity contribution in [3.05, 3.63) is 65.4 Å². The minimum Gasteiger partial charge on any atom is -0.435 e. The monoisotopic (exact) mass is 387 g/mol. The molecule has 0 aliphatic heterocycles. The van der Waals surface area contributed by atoms with Crippen molar-refractivity contribution in [1.82, 2.24) is 15.6 Å². The quantitative estimate of drug-likeness (QED) is 0.583. The summed E-state index contributed by atoms with van der Waals surface area (Å²) in [5, 5.41) is 6.07.